The molecule has 3 aromatic carbocycles. The van der Waals surface area contributed by atoms with Crippen molar-refractivity contribution < 1.29 is 19.4 Å². The number of carbonyl (C=O) groups excluding carboxylic acids is 1. The summed E-state index contributed by atoms with van der Waals surface area (Å²) in [5.41, 5.74) is 5.09. The van der Waals surface area contributed by atoms with Crippen molar-refractivity contribution in [3.63, 3.8) is 0 Å². The zero-order chi connectivity index (χ0) is 28.2. The smallest absolute Gasteiger partial charge is 0.305 e. The van der Waals surface area contributed by atoms with Gasteiger partial charge in [0.2, 0.25) is 0 Å². The third kappa shape index (κ3) is 8.71. The second-order valence-electron chi connectivity index (χ2n) is 10.1. The molecule has 0 spiro atoms. The summed E-state index contributed by atoms with van der Waals surface area (Å²) < 4.78 is 6.44. The van der Waals surface area contributed by atoms with Crippen LogP contribution >= 0.6 is 0 Å². The summed E-state index contributed by atoms with van der Waals surface area (Å²) in [5.74, 6) is -0.186. The fourth-order valence-corrected chi connectivity index (χ4v) is 4.44. The van der Waals surface area contributed by atoms with Crippen molar-refractivity contribution in [1.29, 1.82) is 5.26 Å². The number of amides is 1. The number of carbonyl (C=O) groups is 2. The maximum atomic E-state index is 12.3. The number of nitrogens with zero attached hydrogens (tertiary/aromatic N) is 1. The maximum Gasteiger partial charge on any atom is 0.305 e. The van der Waals surface area contributed by atoms with E-state index < -0.39 is 5.97 Å². The van der Waals surface area contributed by atoms with Crippen LogP contribution in [0.4, 0.5) is 0 Å². The van der Waals surface area contributed by atoms with Gasteiger partial charge in [-0.1, -0.05) is 76.4 Å². The van der Waals surface area contributed by atoms with Crippen molar-refractivity contribution in [1.82, 2.24) is 5.32 Å². The number of hydrogen-bond acceptors (Lipinski definition) is 4. The van der Waals surface area contributed by atoms with Gasteiger partial charge in [-0.2, -0.15) is 5.26 Å². The van der Waals surface area contributed by atoms with Crippen molar-refractivity contribution in [2.24, 2.45) is 0 Å². The van der Waals surface area contributed by atoms with Crippen molar-refractivity contribution >= 4 is 11.9 Å². The second-order valence-corrected chi connectivity index (χ2v) is 10.1. The van der Waals surface area contributed by atoms with Crippen molar-refractivity contribution in [2.75, 3.05) is 6.54 Å². The summed E-state index contributed by atoms with van der Waals surface area (Å²) in [6.45, 7) is 6.57. The largest absolute Gasteiger partial charge is 0.486 e. The molecule has 1 unspecified atom stereocenters. The van der Waals surface area contributed by atoms with E-state index in [-0.39, 0.29) is 25.0 Å². The molecule has 39 heavy (non-hydrogen) atoms. The molecule has 6 heteroatoms. The molecule has 0 aliphatic heterocycles. The predicted octanol–water partition coefficient (Wildman–Crippen LogP) is 7.64. The van der Waals surface area contributed by atoms with E-state index in [0.717, 1.165) is 48.8 Å². The van der Waals surface area contributed by atoms with Crippen LogP contribution in [0.1, 0.15) is 98.4 Å². The maximum absolute atomic E-state index is 12.3. The summed E-state index contributed by atoms with van der Waals surface area (Å²) >= 11 is 0. The fraction of sp³-hybridized carbons (Fsp3) is 0.364. The number of carboxylic acids is 1. The minimum absolute atomic E-state index is 0.0815. The summed E-state index contributed by atoms with van der Waals surface area (Å²) in [6, 6.07) is 23.5. The molecule has 0 radical (unpaired) electrons. The molecule has 0 fully saturated rings. The average molecular weight is 527 g/mol. The van der Waals surface area contributed by atoms with Gasteiger partial charge >= 0.3 is 5.97 Å². The number of hydrogen-bond donors (Lipinski definition) is 2. The monoisotopic (exact) mass is 526 g/mol. The van der Waals surface area contributed by atoms with Gasteiger partial charge in [0.25, 0.3) is 5.91 Å². The summed E-state index contributed by atoms with van der Waals surface area (Å²) in [6.07, 6.45) is 4.87. The Bertz CT molecular complexity index is 1270. The fourth-order valence-electron chi connectivity index (χ4n) is 4.44. The zero-order valence-electron chi connectivity index (χ0n) is 23.1. The zero-order valence-corrected chi connectivity index (χ0v) is 23.1. The number of unbranched alkanes of at least 4 members (excludes halogenated alkanes) is 3. The van der Waals surface area contributed by atoms with E-state index in [1.54, 1.807) is 18.2 Å². The molecule has 0 aliphatic carbocycles. The first-order chi connectivity index (χ1) is 18.8. The first-order valence-electron chi connectivity index (χ1n) is 13.7. The SMILES string of the molecule is CCCCCCC(Oc1ccc(-c2ccc(C(C)C)cc2)c(C#N)c1)c1ccc(C(=O)NCCC(=O)O)cc1. The van der Waals surface area contributed by atoms with Gasteiger partial charge in [-0.15, -0.1) is 0 Å². The highest BCUT2D eigenvalue weighted by molar-refractivity contribution is 5.94. The molecule has 3 aromatic rings. The van der Waals surface area contributed by atoms with E-state index in [9.17, 15) is 14.9 Å². The minimum Gasteiger partial charge on any atom is -0.486 e. The second kappa shape index (κ2) is 14.7. The van der Waals surface area contributed by atoms with Crippen LogP contribution in [0.15, 0.2) is 66.7 Å². The number of rotatable bonds is 14. The van der Waals surface area contributed by atoms with Crippen LogP contribution in [0.5, 0.6) is 5.75 Å². The molecule has 1 atom stereocenters. The van der Waals surface area contributed by atoms with Gasteiger partial charge in [-0.05, 0) is 71.3 Å². The molecule has 3 rings (SSSR count). The summed E-state index contributed by atoms with van der Waals surface area (Å²) in [7, 11) is 0. The van der Waals surface area contributed by atoms with Gasteiger partial charge in [0, 0.05) is 12.1 Å². The molecular weight excluding hydrogens is 488 g/mol. The Labute approximate surface area is 231 Å². The Kier molecular flexibility index (Phi) is 11.1. The molecule has 0 saturated carbocycles. The molecule has 2 N–H and O–H groups in total. The van der Waals surface area contributed by atoms with E-state index in [1.807, 2.05) is 24.3 Å². The minimum atomic E-state index is -0.953. The van der Waals surface area contributed by atoms with Gasteiger partial charge in [0.15, 0.2) is 0 Å². The molecular formula is C33H38N2O4. The standard InChI is InChI=1S/C33H38N2O4/c1-4-5-6-7-8-31(26-13-15-27(16-14-26)33(38)35-20-19-32(36)37)39-29-17-18-30(28(21-29)22-34)25-11-9-24(10-12-25)23(2)3/h9-18,21,23,31H,4-8,19-20H2,1-3H3,(H,35,38)(H,36,37). The van der Waals surface area contributed by atoms with Crippen molar-refractivity contribution in [2.45, 2.75) is 71.3 Å². The Hall–Kier alpha value is -4.11. The highest BCUT2D eigenvalue weighted by Crippen LogP contribution is 2.32. The number of aliphatic carboxylic acids is 1. The van der Waals surface area contributed by atoms with Gasteiger partial charge in [0.1, 0.15) is 11.9 Å². The average Bonchev–Trinajstić information content (AvgIpc) is 2.94. The topological polar surface area (TPSA) is 99.4 Å². The van der Waals surface area contributed by atoms with Crippen LogP contribution in [0.2, 0.25) is 0 Å². The molecule has 0 heterocycles. The van der Waals surface area contributed by atoms with Crippen LogP contribution in [0.25, 0.3) is 11.1 Å². The third-order valence-electron chi connectivity index (χ3n) is 6.77. The summed E-state index contributed by atoms with van der Waals surface area (Å²) in [5, 5.41) is 21.3. The van der Waals surface area contributed by atoms with E-state index in [0.29, 0.717) is 22.8 Å². The molecule has 0 saturated heterocycles. The quantitative estimate of drug-likeness (QED) is 0.210. The van der Waals surface area contributed by atoms with Gasteiger partial charge in [0.05, 0.1) is 18.1 Å². The molecule has 0 aromatic heterocycles. The van der Waals surface area contributed by atoms with Crippen molar-refractivity contribution in [3.05, 3.63) is 89.0 Å². The Morgan fingerprint density at radius 1 is 0.949 bits per heavy atom. The van der Waals surface area contributed by atoms with Crippen LogP contribution in [0, 0.1) is 11.3 Å². The van der Waals surface area contributed by atoms with E-state index in [1.165, 1.54) is 5.56 Å². The lowest BCUT2D eigenvalue weighted by atomic mass is 9.96. The number of nitrogens with one attached hydrogen (secondary N) is 1. The lowest BCUT2D eigenvalue weighted by Gasteiger charge is -2.21. The van der Waals surface area contributed by atoms with Gasteiger partial charge < -0.3 is 15.2 Å². The lowest BCUT2D eigenvalue weighted by Crippen LogP contribution is -2.26. The number of benzene rings is 3. The van der Waals surface area contributed by atoms with Crippen LogP contribution < -0.4 is 10.1 Å². The lowest BCUT2D eigenvalue weighted by molar-refractivity contribution is -0.136. The molecule has 6 nitrogen and oxygen atoms in total. The highest BCUT2D eigenvalue weighted by atomic mass is 16.5. The highest BCUT2D eigenvalue weighted by Gasteiger charge is 2.16. The number of carboxylic acid groups (broad SMARTS) is 1. The normalized spacial score (nSPS) is 11.6. The third-order valence-corrected chi connectivity index (χ3v) is 6.77. The van der Waals surface area contributed by atoms with E-state index in [4.69, 9.17) is 9.84 Å². The molecule has 1 amide bonds. The van der Waals surface area contributed by atoms with Gasteiger partial charge in [-0.25, -0.2) is 0 Å². The molecule has 0 aliphatic rings. The summed E-state index contributed by atoms with van der Waals surface area (Å²) in [4.78, 5) is 23.0. The number of ether oxygens (including phenoxy) is 1. The Morgan fingerprint density at radius 3 is 2.26 bits per heavy atom. The molecule has 204 valence electrons. The molecule has 0 bridgehead atoms. The first kappa shape index (κ1) is 29.4. The van der Waals surface area contributed by atoms with E-state index >= 15 is 0 Å². The van der Waals surface area contributed by atoms with E-state index in [2.05, 4.69) is 56.4 Å². The Morgan fingerprint density at radius 2 is 1.64 bits per heavy atom. The predicted molar refractivity (Wildman–Crippen MR) is 154 cm³/mol. The van der Waals surface area contributed by atoms with Crippen molar-refractivity contribution in [3.8, 4) is 22.9 Å². The first-order valence-corrected chi connectivity index (χ1v) is 13.7. The van der Waals surface area contributed by atoms with Gasteiger partial charge in [-0.3, -0.25) is 9.59 Å². The van der Waals surface area contributed by atoms with Crippen LogP contribution in [-0.4, -0.2) is 23.5 Å². The van der Waals surface area contributed by atoms with Crippen LogP contribution in [-0.2, 0) is 4.79 Å². The van der Waals surface area contributed by atoms with Crippen LogP contribution in [0.3, 0.4) is 0 Å². The Balaban J connectivity index is 1.79. The number of nitriles is 1.